The predicted octanol–water partition coefficient (Wildman–Crippen LogP) is 4.44. The second kappa shape index (κ2) is 9.64. The van der Waals surface area contributed by atoms with Crippen molar-refractivity contribution in [2.75, 3.05) is 25.5 Å². The van der Waals surface area contributed by atoms with Crippen LogP contribution in [0.4, 0.5) is 5.69 Å². The standard InChI is InChI=1S/C22H26N2O3S/c1-16(28-18-12-10-17(27-2)11-13-18)21(25)23-20-9-5-4-8-19(20)22(26)24-14-6-3-7-15-24/h4-5,8-13,16H,3,6-7,14-15H2,1-2H3,(H,23,25). The van der Waals surface area contributed by atoms with Gasteiger partial charge in [-0.1, -0.05) is 12.1 Å². The predicted molar refractivity (Wildman–Crippen MR) is 113 cm³/mol. The number of anilines is 1. The van der Waals surface area contributed by atoms with E-state index in [0.29, 0.717) is 11.3 Å². The highest BCUT2D eigenvalue weighted by Crippen LogP contribution is 2.27. The summed E-state index contributed by atoms with van der Waals surface area (Å²) >= 11 is 1.47. The zero-order valence-corrected chi connectivity index (χ0v) is 17.1. The Balaban J connectivity index is 1.66. The lowest BCUT2D eigenvalue weighted by Gasteiger charge is -2.27. The minimum Gasteiger partial charge on any atom is -0.497 e. The van der Waals surface area contributed by atoms with Crippen molar-refractivity contribution >= 4 is 29.3 Å². The molecular formula is C22H26N2O3S. The number of ether oxygens (including phenoxy) is 1. The molecule has 1 atom stereocenters. The average Bonchev–Trinajstić information content (AvgIpc) is 2.74. The fourth-order valence-corrected chi connectivity index (χ4v) is 4.06. The molecule has 0 saturated carbocycles. The minimum absolute atomic E-state index is 0.00828. The maximum atomic E-state index is 12.9. The van der Waals surface area contributed by atoms with Crippen LogP contribution in [-0.4, -0.2) is 42.2 Å². The van der Waals surface area contributed by atoms with Crippen LogP contribution in [0.25, 0.3) is 0 Å². The van der Waals surface area contributed by atoms with Gasteiger partial charge in [0.05, 0.1) is 23.6 Å². The number of amides is 2. The van der Waals surface area contributed by atoms with Gasteiger partial charge in [-0.05, 0) is 62.6 Å². The molecule has 1 aliphatic heterocycles. The zero-order valence-electron chi connectivity index (χ0n) is 16.3. The molecule has 2 aromatic carbocycles. The highest BCUT2D eigenvalue weighted by Gasteiger charge is 2.22. The van der Waals surface area contributed by atoms with Gasteiger partial charge in [-0.2, -0.15) is 0 Å². The Labute approximate surface area is 170 Å². The summed E-state index contributed by atoms with van der Waals surface area (Å²) in [7, 11) is 1.63. The number of para-hydroxylation sites is 1. The Morgan fingerprint density at radius 3 is 2.39 bits per heavy atom. The molecule has 1 unspecified atom stereocenters. The van der Waals surface area contributed by atoms with Crippen molar-refractivity contribution in [1.29, 1.82) is 0 Å². The minimum atomic E-state index is -0.300. The largest absolute Gasteiger partial charge is 0.497 e. The molecule has 2 amide bonds. The molecule has 0 spiro atoms. The Morgan fingerprint density at radius 1 is 1.04 bits per heavy atom. The molecule has 5 nitrogen and oxygen atoms in total. The summed E-state index contributed by atoms with van der Waals surface area (Å²) in [5, 5.41) is 2.64. The Kier molecular flexibility index (Phi) is 6.98. The third-order valence-corrected chi connectivity index (χ3v) is 5.91. The average molecular weight is 399 g/mol. The molecule has 1 saturated heterocycles. The van der Waals surface area contributed by atoms with Gasteiger partial charge in [0.1, 0.15) is 5.75 Å². The molecule has 1 heterocycles. The molecule has 0 radical (unpaired) electrons. The maximum Gasteiger partial charge on any atom is 0.255 e. The fourth-order valence-electron chi connectivity index (χ4n) is 3.19. The molecule has 0 aromatic heterocycles. The van der Waals surface area contributed by atoms with Crippen LogP contribution in [-0.2, 0) is 4.79 Å². The molecule has 3 rings (SSSR count). The second-order valence-corrected chi connectivity index (χ2v) is 8.24. The number of likely N-dealkylation sites (tertiary alicyclic amines) is 1. The summed E-state index contributed by atoms with van der Waals surface area (Å²) in [4.78, 5) is 28.5. The summed E-state index contributed by atoms with van der Waals surface area (Å²) in [6, 6.07) is 14.9. The Bertz CT molecular complexity index is 817. The first-order chi connectivity index (χ1) is 13.6. The van der Waals surface area contributed by atoms with Crippen molar-refractivity contribution in [2.24, 2.45) is 0 Å². The molecular weight excluding hydrogens is 372 g/mol. The topological polar surface area (TPSA) is 58.6 Å². The fraction of sp³-hybridized carbons (Fsp3) is 0.364. The van der Waals surface area contributed by atoms with E-state index < -0.39 is 0 Å². The van der Waals surface area contributed by atoms with Gasteiger partial charge in [-0.3, -0.25) is 9.59 Å². The number of rotatable bonds is 6. The number of carbonyl (C=O) groups excluding carboxylic acids is 2. The van der Waals surface area contributed by atoms with Gasteiger partial charge >= 0.3 is 0 Å². The molecule has 148 valence electrons. The monoisotopic (exact) mass is 398 g/mol. The van der Waals surface area contributed by atoms with Crippen LogP contribution in [0.3, 0.4) is 0 Å². The van der Waals surface area contributed by atoms with E-state index in [-0.39, 0.29) is 17.1 Å². The van der Waals surface area contributed by atoms with Gasteiger partial charge in [-0.15, -0.1) is 11.8 Å². The third kappa shape index (κ3) is 5.07. The van der Waals surface area contributed by atoms with E-state index in [4.69, 9.17) is 4.74 Å². The number of methoxy groups -OCH3 is 1. The summed E-state index contributed by atoms with van der Waals surface area (Å²) in [6.45, 7) is 3.43. The van der Waals surface area contributed by atoms with E-state index in [1.807, 2.05) is 48.2 Å². The lowest BCUT2D eigenvalue weighted by Crippen LogP contribution is -2.36. The van der Waals surface area contributed by atoms with E-state index in [2.05, 4.69) is 5.32 Å². The summed E-state index contributed by atoms with van der Waals surface area (Å²) < 4.78 is 5.16. The van der Waals surface area contributed by atoms with E-state index in [1.165, 1.54) is 18.2 Å². The normalized spacial score (nSPS) is 15.0. The number of carbonyl (C=O) groups is 2. The summed E-state index contributed by atoms with van der Waals surface area (Å²) in [5.74, 6) is 0.650. The van der Waals surface area contributed by atoms with Gasteiger partial charge in [-0.25, -0.2) is 0 Å². The van der Waals surface area contributed by atoms with Crippen molar-refractivity contribution in [3.05, 3.63) is 54.1 Å². The van der Waals surface area contributed by atoms with Crippen LogP contribution in [0.15, 0.2) is 53.4 Å². The van der Waals surface area contributed by atoms with E-state index >= 15 is 0 Å². The van der Waals surface area contributed by atoms with Gasteiger partial charge in [0, 0.05) is 18.0 Å². The lowest BCUT2D eigenvalue weighted by atomic mass is 10.1. The first kappa shape index (κ1) is 20.3. The van der Waals surface area contributed by atoms with Crippen molar-refractivity contribution < 1.29 is 14.3 Å². The van der Waals surface area contributed by atoms with Crippen molar-refractivity contribution in [3.8, 4) is 5.75 Å². The van der Waals surface area contributed by atoms with Crippen molar-refractivity contribution in [1.82, 2.24) is 4.90 Å². The summed E-state index contributed by atoms with van der Waals surface area (Å²) in [5.41, 5.74) is 1.13. The van der Waals surface area contributed by atoms with Crippen LogP contribution in [0, 0.1) is 0 Å². The highest BCUT2D eigenvalue weighted by molar-refractivity contribution is 8.00. The van der Waals surface area contributed by atoms with Crippen LogP contribution in [0.1, 0.15) is 36.5 Å². The number of nitrogens with zero attached hydrogens (tertiary/aromatic N) is 1. The Morgan fingerprint density at radius 2 is 1.71 bits per heavy atom. The maximum absolute atomic E-state index is 12.9. The van der Waals surface area contributed by atoms with Crippen LogP contribution < -0.4 is 10.1 Å². The van der Waals surface area contributed by atoms with Gasteiger partial charge < -0.3 is 15.0 Å². The smallest absolute Gasteiger partial charge is 0.255 e. The SMILES string of the molecule is COc1ccc(SC(C)C(=O)Nc2ccccc2C(=O)N2CCCCC2)cc1. The van der Waals surface area contributed by atoms with E-state index in [9.17, 15) is 9.59 Å². The number of nitrogens with one attached hydrogen (secondary N) is 1. The molecule has 0 bridgehead atoms. The molecule has 2 aromatic rings. The summed E-state index contributed by atoms with van der Waals surface area (Å²) in [6.07, 6.45) is 3.24. The molecule has 1 N–H and O–H groups in total. The number of hydrogen-bond acceptors (Lipinski definition) is 4. The number of thioether (sulfide) groups is 1. The molecule has 1 fully saturated rings. The molecule has 6 heteroatoms. The number of piperidine rings is 1. The quantitative estimate of drug-likeness (QED) is 0.731. The second-order valence-electron chi connectivity index (χ2n) is 6.82. The lowest BCUT2D eigenvalue weighted by molar-refractivity contribution is -0.115. The van der Waals surface area contributed by atoms with Crippen LogP contribution in [0.5, 0.6) is 5.75 Å². The van der Waals surface area contributed by atoms with Gasteiger partial charge in [0.25, 0.3) is 5.91 Å². The molecule has 28 heavy (non-hydrogen) atoms. The third-order valence-electron chi connectivity index (χ3n) is 4.80. The molecule has 1 aliphatic rings. The number of hydrogen-bond donors (Lipinski definition) is 1. The van der Waals surface area contributed by atoms with E-state index in [1.54, 1.807) is 19.2 Å². The van der Waals surface area contributed by atoms with Gasteiger partial charge in [0.2, 0.25) is 5.91 Å². The highest BCUT2D eigenvalue weighted by atomic mass is 32.2. The first-order valence-electron chi connectivity index (χ1n) is 9.58. The first-order valence-corrected chi connectivity index (χ1v) is 10.5. The van der Waals surface area contributed by atoms with Crippen molar-refractivity contribution in [2.45, 2.75) is 36.3 Å². The zero-order chi connectivity index (χ0) is 19.9. The molecule has 0 aliphatic carbocycles. The van der Waals surface area contributed by atoms with Gasteiger partial charge in [0.15, 0.2) is 0 Å². The Hall–Kier alpha value is -2.47. The van der Waals surface area contributed by atoms with Crippen molar-refractivity contribution in [3.63, 3.8) is 0 Å². The van der Waals surface area contributed by atoms with Crippen LogP contribution >= 0.6 is 11.8 Å². The van der Waals surface area contributed by atoms with Crippen LogP contribution in [0.2, 0.25) is 0 Å². The number of benzene rings is 2. The van der Waals surface area contributed by atoms with E-state index in [0.717, 1.165) is 36.6 Å².